The number of hydrogen-bond donors (Lipinski definition) is 2. The van der Waals surface area contributed by atoms with Crippen molar-refractivity contribution in [3.8, 4) is 11.6 Å². The van der Waals surface area contributed by atoms with Crippen molar-refractivity contribution in [2.45, 2.75) is 24.3 Å². The lowest BCUT2D eigenvalue weighted by atomic mass is 10.0. The molecule has 3 aromatic rings. The van der Waals surface area contributed by atoms with Gasteiger partial charge in [-0.05, 0) is 54.8 Å². The highest BCUT2D eigenvalue weighted by Crippen LogP contribution is 2.35. The standard InChI is InChI=1S/C22H21N3O2S/c1-15-6-11-21(23-14-15)27-17-9-7-16(8-10-17)24-22(26)25-19-12-13-28-20-5-3-2-4-18(19)20/h2-11,14,19H,12-13H2,1H3,(H2,24,25,26). The first-order valence-electron chi connectivity index (χ1n) is 9.17. The van der Waals surface area contributed by atoms with Crippen LogP contribution >= 0.6 is 11.8 Å². The molecule has 5 nitrogen and oxygen atoms in total. The molecule has 142 valence electrons. The Morgan fingerprint density at radius 1 is 1.11 bits per heavy atom. The lowest BCUT2D eigenvalue weighted by Crippen LogP contribution is -2.34. The minimum Gasteiger partial charge on any atom is -0.439 e. The molecule has 1 atom stereocenters. The van der Waals surface area contributed by atoms with Gasteiger partial charge in [0, 0.05) is 28.6 Å². The van der Waals surface area contributed by atoms with E-state index in [0.717, 1.165) is 17.7 Å². The van der Waals surface area contributed by atoms with Crippen LogP contribution in [-0.2, 0) is 0 Å². The Morgan fingerprint density at radius 2 is 1.93 bits per heavy atom. The van der Waals surface area contributed by atoms with E-state index in [4.69, 9.17) is 4.74 Å². The third-order valence-electron chi connectivity index (χ3n) is 4.48. The van der Waals surface area contributed by atoms with E-state index >= 15 is 0 Å². The number of thioether (sulfide) groups is 1. The van der Waals surface area contributed by atoms with Gasteiger partial charge in [-0.2, -0.15) is 0 Å². The average molecular weight is 391 g/mol. The number of amides is 2. The summed E-state index contributed by atoms with van der Waals surface area (Å²) >= 11 is 1.84. The number of nitrogens with zero attached hydrogens (tertiary/aromatic N) is 1. The fraction of sp³-hybridized carbons (Fsp3) is 0.182. The number of rotatable bonds is 4. The molecule has 0 spiro atoms. The van der Waals surface area contributed by atoms with E-state index in [9.17, 15) is 4.79 Å². The fourth-order valence-electron chi connectivity index (χ4n) is 3.06. The third-order valence-corrected chi connectivity index (χ3v) is 5.61. The van der Waals surface area contributed by atoms with Crippen LogP contribution in [-0.4, -0.2) is 16.8 Å². The molecule has 2 N–H and O–H groups in total. The Bertz CT molecular complexity index is 958. The summed E-state index contributed by atoms with van der Waals surface area (Å²) in [6.45, 7) is 1.98. The molecular weight excluding hydrogens is 370 g/mol. The van der Waals surface area contributed by atoms with Gasteiger partial charge in [-0.1, -0.05) is 24.3 Å². The SMILES string of the molecule is Cc1ccc(Oc2ccc(NC(=O)NC3CCSc4ccccc43)cc2)nc1. The smallest absolute Gasteiger partial charge is 0.319 e. The number of carbonyl (C=O) groups excluding carboxylic acids is 1. The van der Waals surface area contributed by atoms with Gasteiger partial charge in [0.15, 0.2) is 0 Å². The Morgan fingerprint density at radius 3 is 2.71 bits per heavy atom. The quantitative estimate of drug-likeness (QED) is 0.613. The summed E-state index contributed by atoms with van der Waals surface area (Å²) in [4.78, 5) is 17.9. The van der Waals surface area contributed by atoms with Crippen molar-refractivity contribution < 1.29 is 9.53 Å². The molecule has 1 aliphatic heterocycles. The number of fused-ring (bicyclic) bond motifs is 1. The van der Waals surface area contributed by atoms with E-state index in [1.165, 1.54) is 10.5 Å². The number of carbonyl (C=O) groups is 1. The Labute approximate surface area is 168 Å². The number of anilines is 1. The highest BCUT2D eigenvalue weighted by molar-refractivity contribution is 7.99. The van der Waals surface area contributed by atoms with Crippen LogP contribution in [0.3, 0.4) is 0 Å². The van der Waals surface area contributed by atoms with Gasteiger partial charge in [0.2, 0.25) is 5.88 Å². The van der Waals surface area contributed by atoms with E-state index in [-0.39, 0.29) is 12.1 Å². The molecule has 0 aliphatic carbocycles. The van der Waals surface area contributed by atoms with Crippen LogP contribution in [0.2, 0.25) is 0 Å². The van der Waals surface area contributed by atoms with Crippen molar-refractivity contribution in [3.63, 3.8) is 0 Å². The molecule has 6 heteroatoms. The largest absolute Gasteiger partial charge is 0.439 e. The molecular formula is C22H21N3O2S. The van der Waals surface area contributed by atoms with Gasteiger partial charge < -0.3 is 15.4 Å². The molecule has 4 rings (SSSR count). The topological polar surface area (TPSA) is 63.2 Å². The van der Waals surface area contributed by atoms with Gasteiger partial charge in [-0.3, -0.25) is 0 Å². The molecule has 1 aromatic heterocycles. The van der Waals surface area contributed by atoms with Crippen LogP contribution in [0.25, 0.3) is 0 Å². The van der Waals surface area contributed by atoms with E-state index in [2.05, 4.69) is 27.8 Å². The van der Waals surface area contributed by atoms with Gasteiger partial charge in [0.1, 0.15) is 5.75 Å². The number of benzene rings is 2. The molecule has 2 heterocycles. The lowest BCUT2D eigenvalue weighted by Gasteiger charge is -2.25. The average Bonchev–Trinajstić information content (AvgIpc) is 2.71. The first kappa shape index (κ1) is 18.4. The zero-order valence-corrected chi connectivity index (χ0v) is 16.3. The molecule has 1 aliphatic rings. The summed E-state index contributed by atoms with van der Waals surface area (Å²) in [7, 11) is 0. The normalized spacial score (nSPS) is 15.4. The molecule has 2 amide bonds. The monoisotopic (exact) mass is 391 g/mol. The summed E-state index contributed by atoms with van der Waals surface area (Å²) in [5, 5.41) is 5.97. The molecule has 0 fully saturated rings. The molecule has 1 unspecified atom stereocenters. The highest BCUT2D eigenvalue weighted by Gasteiger charge is 2.21. The number of ether oxygens (including phenoxy) is 1. The molecule has 0 saturated carbocycles. The number of hydrogen-bond acceptors (Lipinski definition) is 4. The summed E-state index contributed by atoms with van der Waals surface area (Å²) in [5.74, 6) is 2.21. The van der Waals surface area contributed by atoms with Gasteiger partial charge in [-0.15, -0.1) is 11.8 Å². The molecule has 28 heavy (non-hydrogen) atoms. The van der Waals surface area contributed by atoms with Gasteiger partial charge in [0.25, 0.3) is 0 Å². The highest BCUT2D eigenvalue weighted by atomic mass is 32.2. The Balaban J connectivity index is 1.35. The third kappa shape index (κ3) is 4.46. The number of pyridine rings is 1. The molecule has 0 saturated heterocycles. The van der Waals surface area contributed by atoms with Gasteiger partial charge in [-0.25, -0.2) is 9.78 Å². The fourth-order valence-corrected chi connectivity index (χ4v) is 4.18. The molecule has 0 bridgehead atoms. The van der Waals surface area contributed by atoms with E-state index in [1.807, 2.05) is 67.2 Å². The van der Waals surface area contributed by atoms with Crippen LogP contribution in [0.5, 0.6) is 11.6 Å². The number of aromatic nitrogens is 1. The second-order valence-corrected chi connectivity index (χ2v) is 7.76. The van der Waals surface area contributed by atoms with Crippen molar-refractivity contribution in [2.24, 2.45) is 0 Å². The number of urea groups is 1. The zero-order valence-electron chi connectivity index (χ0n) is 15.5. The summed E-state index contributed by atoms with van der Waals surface area (Å²) < 4.78 is 5.71. The van der Waals surface area contributed by atoms with Crippen LogP contribution in [0.1, 0.15) is 23.6 Å². The van der Waals surface area contributed by atoms with Gasteiger partial charge in [0.05, 0.1) is 6.04 Å². The van der Waals surface area contributed by atoms with Crippen molar-refractivity contribution in [1.29, 1.82) is 0 Å². The van der Waals surface area contributed by atoms with Crippen molar-refractivity contribution in [1.82, 2.24) is 10.3 Å². The van der Waals surface area contributed by atoms with Crippen LogP contribution < -0.4 is 15.4 Å². The minimum atomic E-state index is -0.208. The second-order valence-electron chi connectivity index (χ2n) is 6.63. The van der Waals surface area contributed by atoms with Crippen molar-refractivity contribution >= 4 is 23.5 Å². The second kappa shape index (κ2) is 8.35. The molecule has 2 aromatic carbocycles. The van der Waals surface area contributed by atoms with E-state index in [0.29, 0.717) is 17.3 Å². The maximum atomic E-state index is 12.4. The number of aryl methyl sites for hydroxylation is 1. The summed E-state index contributed by atoms with van der Waals surface area (Å²) in [6.07, 6.45) is 2.68. The van der Waals surface area contributed by atoms with Gasteiger partial charge >= 0.3 is 6.03 Å². The summed E-state index contributed by atoms with van der Waals surface area (Å²) in [6, 6.07) is 19.1. The first-order chi connectivity index (χ1) is 13.7. The minimum absolute atomic E-state index is 0.0349. The van der Waals surface area contributed by atoms with Crippen LogP contribution in [0.4, 0.5) is 10.5 Å². The van der Waals surface area contributed by atoms with E-state index in [1.54, 1.807) is 6.20 Å². The van der Waals surface area contributed by atoms with Crippen LogP contribution in [0, 0.1) is 6.92 Å². The predicted octanol–water partition coefficient (Wildman–Crippen LogP) is 5.54. The van der Waals surface area contributed by atoms with Crippen LogP contribution in [0.15, 0.2) is 71.8 Å². The maximum absolute atomic E-state index is 12.4. The Hall–Kier alpha value is -2.99. The number of nitrogens with one attached hydrogen (secondary N) is 2. The lowest BCUT2D eigenvalue weighted by molar-refractivity contribution is 0.248. The summed E-state index contributed by atoms with van der Waals surface area (Å²) in [5.41, 5.74) is 2.97. The zero-order chi connectivity index (χ0) is 19.3. The van der Waals surface area contributed by atoms with E-state index < -0.39 is 0 Å². The van der Waals surface area contributed by atoms with Crippen molar-refractivity contribution in [3.05, 3.63) is 78.0 Å². The predicted molar refractivity (Wildman–Crippen MR) is 112 cm³/mol. The first-order valence-corrected chi connectivity index (χ1v) is 10.2. The molecule has 0 radical (unpaired) electrons. The maximum Gasteiger partial charge on any atom is 0.319 e. The van der Waals surface area contributed by atoms with Crippen molar-refractivity contribution in [2.75, 3.05) is 11.1 Å². The Kier molecular flexibility index (Phi) is 5.48.